The fraction of sp³-hybridized carbons (Fsp3) is 0.500. The van der Waals surface area contributed by atoms with E-state index in [1.54, 1.807) is 18.2 Å². The molecule has 1 aromatic rings. The molecule has 18 heavy (non-hydrogen) atoms. The predicted molar refractivity (Wildman–Crippen MR) is 76.9 cm³/mol. The van der Waals surface area contributed by atoms with Gasteiger partial charge in [0.15, 0.2) is 0 Å². The van der Waals surface area contributed by atoms with E-state index in [2.05, 4.69) is 31.4 Å². The molecule has 4 nitrogen and oxygen atoms in total. The van der Waals surface area contributed by atoms with Crippen molar-refractivity contribution in [1.29, 1.82) is 0 Å². The molecule has 0 unspecified atom stereocenters. The monoisotopic (exact) mass is 249 g/mol. The maximum atomic E-state index is 11.8. The van der Waals surface area contributed by atoms with Gasteiger partial charge in [-0.05, 0) is 45.4 Å². The third-order valence-corrected chi connectivity index (χ3v) is 3.01. The van der Waals surface area contributed by atoms with Crippen LogP contribution in [-0.2, 0) is 0 Å². The fourth-order valence-corrected chi connectivity index (χ4v) is 1.52. The highest BCUT2D eigenvalue weighted by molar-refractivity contribution is 5.96. The molecule has 0 bridgehead atoms. The molecular weight excluding hydrogens is 226 g/mol. The van der Waals surface area contributed by atoms with Gasteiger partial charge in [0.05, 0.1) is 11.4 Å². The van der Waals surface area contributed by atoms with Gasteiger partial charge in [-0.1, -0.05) is 6.92 Å². The normalized spacial score (nSPS) is 11.1. The number of carbonyl (C=O) groups is 1. The van der Waals surface area contributed by atoms with Crippen molar-refractivity contribution in [3.63, 3.8) is 0 Å². The standard InChI is InChI=1S/C14H23N3O/c1-5-14(3,4)17-12-9-10(7-8-11(12)15)13(18)16-6-2/h7-9,17H,5-6,15H2,1-4H3,(H,16,18). The molecule has 1 aromatic carbocycles. The van der Waals surface area contributed by atoms with Gasteiger partial charge in [0.2, 0.25) is 0 Å². The number of amides is 1. The van der Waals surface area contributed by atoms with E-state index < -0.39 is 0 Å². The van der Waals surface area contributed by atoms with Crippen LogP contribution in [0.1, 0.15) is 44.5 Å². The lowest BCUT2D eigenvalue weighted by molar-refractivity contribution is 0.0956. The summed E-state index contributed by atoms with van der Waals surface area (Å²) >= 11 is 0. The number of nitrogens with one attached hydrogen (secondary N) is 2. The molecule has 1 amide bonds. The lowest BCUT2D eigenvalue weighted by atomic mass is 10.0. The number of hydrogen-bond acceptors (Lipinski definition) is 3. The highest BCUT2D eigenvalue weighted by Gasteiger charge is 2.16. The average Bonchev–Trinajstić information content (AvgIpc) is 2.32. The van der Waals surface area contributed by atoms with Gasteiger partial charge in [-0.2, -0.15) is 0 Å². The van der Waals surface area contributed by atoms with E-state index in [9.17, 15) is 4.79 Å². The van der Waals surface area contributed by atoms with Crippen LogP contribution in [0, 0.1) is 0 Å². The molecule has 0 saturated carbocycles. The minimum atomic E-state index is -0.0742. The lowest BCUT2D eigenvalue weighted by Gasteiger charge is -2.27. The third kappa shape index (κ3) is 3.65. The molecule has 0 spiro atoms. The Morgan fingerprint density at radius 3 is 2.56 bits per heavy atom. The highest BCUT2D eigenvalue weighted by atomic mass is 16.1. The topological polar surface area (TPSA) is 67.2 Å². The molecule has 0 aliphatic carbocycles. The van der Waals surface area contributed by atoms with Crippen LogP contribution in [-0.4, -0.2) is 18.0 Å². The molecule has 0 heterocycles. The van der Waals surface area contributed by atoms with Gasteiger partial charge in [-0.15, -0.1) is 0 Å². The maximum absolute atomic E-state index is 11.8. The van der Waals surface area contributed by atoms with Gasteiger partial charge in [-0.3, -0.25) is 4.79 Å². The first-order chi connectivity index (χ1) is 8.39. The Kier molecular flexibility index (Phi) is 4.59. The van der Waals surface area contributed by atoms with Crippen molar-refractivity contribution in [2.24, 2.45) is 0 Å². The minimum absolute atomic E-state index is 0.0476. The smallest absolute Gasteiger partial charge is 0.251 e. The van der Waals surface area contributed by atoms with E-state index >= 15 is 0 Å². The van der Waals surface area contributed by atoms with E-state index in [4.69, 9.17) is 5.73 Å². The van der Waals surface area contributed by atoms with Crippen LogP contribution in [0.5, 0.6) is 0 Å². The lowest BCUT2D eigenvalue weighted by Crippen LogP contribution is -2.30. The second kappa shape index (κ2) is 5.76. The Morgan fingerprint density at radius 2 is 2.00 bits per heavy atom. The Morgan fingerprint density at radius 1 is 1.33 bits per heavy atom. The second-order valence-corrected chi connectivity index (χ2v) is 5.02. The molecule has 0 aliphatic heterocycles. The summed E-state index contributed by atoms with van der Waals surface area (Å²) in [7, 11) is 0. The summed E-state index contributed by atoms with van der Waals surface area (Å²) in [5, 5.41) is 6.15. The SMILES string of the molecule is CCNC(=O)c1ccc(N)c(NC(C)(C)CC)c1. The van der Waals surface area contributed by atoms with Gasteiger partial charge < -0.3 is 16.4 Å². The number of nitrogen functional groups attached to an aromatic ring is 1. The van der Waals surface area contributed by atoms with E-state index in [1.165, 1.54) is 0 Å². The number of benzene rings is 1. The predicted octanol–water partition coefficient (Wildman–Crippen LogP) is 2.62. The van der Waals surface area contributed by atoms with Crippen LogP contribution in [0.3, 0.4) is 0 Å². The molecule has 0 saturated heterocycles. The number of hydrogen-bond donors (Lipinski definition) is 3. The van der Waals surface area contributed by atoms with Crippen molar-refractivity contribution >= 4 is 17.3 Å². The largest absolute Gasteiger partial charge is 0.397 e. The van der Waals surface area contributed by atoms with Crippen LogP contribution >= 0.6 is 0 Å². The molecule has 4 N–H and O–H groups in total. The highest BCUT2D eigenvalue weighted by Crippen LogP contribution is 2.25. The number of carbonyl (C=O) groups excluding carboxylic acids is 1. The quantitative estimate of drug-likeness (QED) is 0.703. The van der Waals surface area contributed by atoms with Crippen LogP contribution in [0.15, 0.2) is 18.2 Å². The van der Waals surface area contributed by atoms with Gasteiger partial charge in [0, 0.05) is 17.6 Å². The van der Waals surface area contributed by atoms with E-state index in [0.29, 0.717) is 17.8 Å². The van der Waals surface area contributed by atoms with Gasteiger partial charge >= 0.3 is 0 Å². The molecule has 4 heteroatoms. The molecule has 0 atom stereocenters. The zero-order chi connectivity index (χ0) is 13.8. The van der Waals surface area contributed by atoms with Gasteiger partial charge in [-0.25, -0.2) is 0 Å². The van der Waals surface area contributed by atoms with Crippen molar-refractivity contribution < 1.29 is 4.79 Å². The number of nitrogens with two attached hydrogens (primary N) is 1. The zero-order valence-electron chi connectivity index (χ0n) is 11.6. The van der Waals surface area contributed by atoms with E-state index in [1.807, 2.05) is 6.92 Å². The molecule has 0 aliphatic rings. The average molecular weight is 249 g/mol. The Balaban J connectivity index is 2.98. The third-order valence-electron chi connectivity index (χ3n) is 3.01. The summed E-state index contributed by atoms with van der Waals surface area (Å²) in [6.07, 6.45) is 0.970. The molecule has 100 valence electrons. The van der Waals surface area contributed by atoms with Crippen molar-refractivity contribution in [2.45, 2.75) is 39.7 Å². The second-order valence-electron chi connectivity index (χ2n) is 5.02. The molecule has 0 fully saturated rings. The van der Waals surface area contributed by atoms with Crippen LogP contribution in [0.25, 0.3) is 0 Å². The van der Waals surface area contributed by atoms with Crippen LogP contribution in [0.4, 0.5) is 11.4 Å². The Hall–Kier alpha value is -1.71. The number of anilines is 2. The van der Waals surface area contributed by atoms with Gasteiger partial charge in [0.1, 0.15) is 0 Å². The maximum Gasteiger partial charge on any atom is 0.251 e. The minimum Gasteiger partial charge on any atom is -0.397 e. The van der Waals surface area contributed by atoms with Crippen molar-refractivity contribution in [3.8, 4) is 0 Å². The summed E-state index contributed by atoms with van der Waals surface area (Å²) in [4.78, 5) is 11.8. The fourth-order valence-electron chi connectivity index (χ4n) is 1.52. The van der Waals surface area contributed by atoms with Crippen LogP contribution < -0.4 is 16.4 Å². The Bertz CT molecular complexity index is 427. The summed E-state index contributed by atoms with van der Waals surface area (Å²) in [6.45, 7) is 8.83. The van der Waals surface area contributed by atoms with Crippen LogP contribution in [0.2, 0.25) is 0 Å². The van der Waals surface area contributed by atoms with E-state index in [0.717, 1.165) is 12.1 Å². The first-order valence-corrected chi connectivity index (χ1v) is 6.35. The molecular formula is C14H23N3O. The van der Waals surface area contributed by atoms with Gasteiger partial charge in [0.25, 0.3) is 5.91 Å². The molecule has 0 aromatic heterocycles. The Labute approximate surface area is 109 Å². The summed E-state index contributed by atoms with van der Waals surface area (Å²) in [5.41, 5.74) is 7.98. The number of rotatable bonds is 5. The molecule has 0 radical (unpaired) electrons. The summed E-state index contributed by atoms with van der Waals surface area (Å²) < 4.78 is 0. The zero-order valence-corrected chi connectivity index (χ0v) is 11.6. The van der Waals surface area contributed by atoms with Crippen molar-refractivity contribution in [3.05, 3.63) is 23.8 Å². The molecule has 1 rings (SSSR count). The van der Waals surface area contributed by atoms with E-state index in [-0.39, 0.29) is 11.4 Å². The first-order valence-electron chi connectivity index (χ1n) is 6.35. The van der Waals surface area contributed by atoms with Crippen molar-refractivity contribution in [1.82, 2.24) is 5.32 Å². The summed E-state index contributed by atoms with van der Waals surface area (Å²) in [6, 6.07) is 5.31. The van der Waals surface area contributed by atoms with Crippen molar-refractivity contribution in [2.75, 3.05) is 17.6 Å². The summed E-state index contributed by atoms with van der Waals surface area (Å²) in [5.74, 6) is -0.0742. The first kappa shape index (κ1) is 14.4.